The van der Waals surface area contributed by atoms with Crippen molar-refractivity contribution in [3.8, 4) is 32.8 Å². The summed E-state index contributed by atoms with van der Waals surface area (Å²) in [5.74, 6) is -3.06. The maximum atomic E-state index is 14.3. The number of aromatic nitrogens is 1. The topological polar surface area (TPSA) is 66.0 Å². The first-order chi connectivity index (χ1) is 17.7. The lowest BCUT2D eigenvalue weighted by molar-refractivity contribution is -0.139. The van der Waals surface area contributed by atoms with Gasteiger partial charge >= 0.3 is 12.4 Å². The van der Waals surface area contributed by atoms with Crippen LogP contribution in [0.3, 0.4) is 0 Å². The average Bonchev–Trinajstić information content (AvgIpc) is 3.30. The normalized spacial score (nSPS) is 12.0. The summed E-state index contributed by atoms with van der Waals surface area (Å²) in [6, 6.07) is 9.34. The summed E-state index contributed by atoms with van der Waals surface area (Å²) in [4.78, 5) is 13.3. The van der Waals surface area contributed by atoms with Crippen molar-refractivity contribution >= 4 is 11.3 Å². The number of phenols is 1. The van der Waals surface area contributed by atoms with Gasteiger partial charge in [0.05, 0.1) is 28.2 Å². The first-order valence-electron chi connectivity index (χ1n) is 10.4. The fraction of sp³-hybridized carbons (Fsp3) is 0.120. The van der Waals surface area contributed by atoms with E-state index in [1.165, 1.54) is 18.2 Å². The Morgan fingerprint density at radius 2 is 1.53 bits per heavy atom. The molecule has 0 saturated carbocycles. The second kappa shape index (κ2) is 9.60. The van der Waals surface area contributed by atoms with E-state index in [-0.39, 0.29) is 26.6 Å². The largest absolute Gasteiger partial charge is 0.507 e. The van der Waals surface area contributed by atoms with Crippen molar-refractivity contribution in [3.63, 3.8) is 0 Å². The Morgan fingerprint density at radius 1 is 0.868 bits per heavy atom. The van der Waals surface area contributed by atoms with Gasteiger partial charge in [0.15, 0.2) is 0 Å². The van der Waals surface area contributed by atoms with Gasteiger partial charge in [0.25, 0.3) is 5.56 Å². The monoisotopic (exact) mass is 556 g/mol. The van der Waals surface area contributed by atoms with E-state index in [9.17, 15) is 50.3 Å². The molecule has 0 aliphatic rings. The van der Waals surface area contributed by atoms with Gasteiger partial charge in [-0.2, -0.15) is 31.6 Å². The third-order valence-electron chi connectivity index (χ3n) is 5.51. The van der Waals surface area contributed by atoms with Crippen LogP contribution >= 0.6 is 11.3 Å². The summed E-state index contributed by atoms with van der Waals surface area (Å²) in [5.41, 5.74) is -5.92. The molecule has 13 heteroatoms. The Bertz CT molecular complexity index is 1650. The predicted molar refractivity (Wildman–Crippen MR) is 121 cm³/mol. The highest BCUT2D eigenvalue weighted by atomic mass is 32.1. The molecule has 0 aliphatic heterocycles. The number of phenolic OH excluding ortho intramolecular Hbond substituents is 1. The molecule has 2 aromatic heterocycles. The van der Waals surface area contributed by atoms with Crippen molar-refractivity contribution in [2.75, 3.05) is 0 Å². The molecular weight excluding hydrogens is 544 g/mol. The highest BCUT2D eigenvalue weighted by Crippen LogP contribution is 2.41. The standard InChI is InChI=1S/C25H12F8N2O2S/c26-14-3-1-13(18(27)8-14)11-35-19(9-17(25(31,32)33)15(10-34)23(35)37)22-6-5-21(38-22)12-2-4-16(20(36)7-12)24(28,29)30/h1-9,36H,11H2. The van der Waals surface area contributed by atoms with Crippen LogP contribution in [0.15, 0.2) is 59.4 Å². The molecule has 0 aliphatic carbocycles. The molecule has 1 N–H and O–H groups in total. The Balaban J connectivity index is 1.90. The first kappa shape index (κ1) is 26.9. The van der Waals surface area contributed by atoms with E-state index in [2.05, 4.69) is 0 Å². The molecule has 2 aromatic carbocycles. The lowest BCUT2D eigenvalue weighted by Crippen LogP contribution is -2.28. The molecule has 0 amide bonds. The number of hydrogen-bond donors (Lipinski definition) is 1. The van der Waals surface area contributed by atoms with Gasteiger partial charge in [-0.25, -0.2) is 8.78 Å². The summed E-state index contributed by atoms with van der Waals surface area (Å²) in [5, 5.41) is 19.1. The number of pyridine rings is 1. The summed E-state index contributed by atoms with van der Waals surface area (Å²) in [6.45, 7) is -0.651. The molecule has 4 rings (SSSR count). The Kier molecular flexibility index (Phi) is 6.79. The molecule has 0 saturated heterocycles. The van der Waals surface area contributed by atoms with Crippen LogP contribution in [0.1, 0.15) is 22.3 Å². The van der Waals surface area contributed by atoms with Crippen molar-refractivity contribution < 1.29 is 40.2 Å². The van der Waals surface area contributed by atoms with Gasteiger partial charge in [-0.05, 0) is 42.0 Å². The second-order valence-electron chi connectivity index (χ2n) is 7.95. The first-order valence-corrected chi connectivity index (χ1v) is 11.2. The number of benzene rings is 2. The number of alkyl halides is 6. The molecule has 196 valence electrons. The molecule has 0 fully saturated rings. The molecule has 2 heterocycles. The van der Waals surface area contributed by atoms with E-state index in [0.717, 1.165) is 40.2 Å². The number of hydrogen-bond acceptors (Lipinski definition) is 4. The summed E-state index contributed by atoms with van der Waals surface area (Å²) >= 11 is 0.778. The Morgan fingerprint density at radius 3 is 2.11 bits per heavy atom. The maximum Gasteiger partial charge on any atom is 0.419 e. The zero-order valence-corrected chi connectivity index (χ0v) is 19.4. The minimum atomic E-state index is -5.10. The quantitative estimate of drug-likeness (QED) is 0.271. The third-order valence-corrected chi connectivity index (χ3v) is 6.66. The molecule has 0 unspecified atom stereocenters. The van der Waals surface area contributed by atoms with Crippen molar-refractivity contribution in [2.45, 2.75) is 18.9 Å². The Hall–Kier alpha value is -4.18. The lowest BCUT2D eigenvalue weighted by Gasteiger charge is -2.17. The van der Waals surface area contributed by atoms with E-state index < -0.39 is 58.5 Å². The van der Waals surface area contributed by atoms with E-state index in [0.29, 0.717) is 18.2 Å². The van der Waals surface area contributed by atoms with E-state index in [1.54, 1.807) is 0 Å². The van der Waals surface area contributed by atoms with Gasteiger partial charge in [-0.3, -0.25) is 4.79 Å². The number of nitrogens with zero attached hydrogens (tertiary/aromatic N) is 2. The fourth-order valence-electron chi connectivity index (χ4n) is 3.71. The molecular formula is C25H12F8N2O2S. The predicted octanol–water partition coefficient (Wildman–Crippen LogP) is 7.19. The number of nitriles is 1. The van der Waals surface area contributed by atoms with Crippen molar-refractivity contribution in [2.24, 2.45) is 0 Å². The van der Waals surface area contributed by atoms with Crippen LogP contribution in [-0.2, 0) is 18.9 Å². The van der Waals surface area contributed by atoms with Crippen molar-refractivity contribution in [1.29, 1.82) is 5.26 Å². The summed E-state index contributed by atoms with van der Waals surface area (Å²) in [6.07, 6.45) is -9.91. The smallest absolute Gasteiger partial charge is 0.419 e. The highest BCUT2D eigenvalue weighted by Gasteiger charge is 2.37. The van der Waals surface area contributed by atoms with Crippen LogP contribution in [0, 0.1) is 23.0 Å². The van der Waals surface area contributed by atoms with E-state index in [4.69, 9.17) is 0 Å². The Labute approximate surface area is 212 Å². The van der Waals surface area contributed by atoms with Gasteiger partial charge < -0.3 is 9.67 Å². The van der Waals surface area contributed by atoms with Gasteiger partial charge in [0.2, 0.25) is 0 Å². The van der Waals surface area contributed by atoms with Crippen LogP contribution in [0.5, 0.6) is 5.75 Å². The highest BCUT2D eigenvalue weighted by molar-refractivity contribution is 7.18. The van der Waals surface area contributed by atoms with Gasteiger partial charge in [0, 0.05) is 16.5 Å². The minimum Gasteiger partial charge on any atom is -0.507 e. The molecule has 0 atom stereocenters. The van der Waals surface area contributed by atoms with E-state index in [1.807, 2.05) is 0 Å². The molecule has 4 aromatic rings. The van der Waals surface area contributed by atoms with Crippen LogP contribution in [0.4, 0.5) is 35.1 Å². The minimum absolute atomic E-state index is 0.0222. The molecule has 0 bridgehead atoms. The maximum absolute atomic E-state index is 14.3. The molecule has 0 spiro atoms. The van der Waals surface area contributed by atoms with Crippen LogP contribution in [-0.4, -0.2) is 9.67 Å². The number of aromatic hydroxyl groups is 1. The van der Waals surface area contributed by atoms with Crippen LogP contribution < -0.4 is 5.56 Å². The fourth-order valence-corrected chi connectivity index (χ4v) is 4.74. The van der Waals surface area contributed by atoms with Crippen LogP contribution in [0.2, 0.25) is 0 Å². The van der Waals surface area contributed by atoms with Gasteiger partial charge in [0.1, 0.15) is 29.0 Å². The summed E-state index contributed by atoms with van der Waals surface area (Å²) in [7, 11) is 0. The zero-order chi connectivity index (χ0) is 28.0. The number of rotatable bonds is 4. The zero-order valence-electron chi connectivity index (χ0n) is 18.6. The second-order valence-corrected chi connectivity index (χ2v) is 9.03. The molecule has 0 radical (unpaired) electrons. The van der Waals surface area contributed by atoms with Crippen molar-refractivity contribution in [3.05, 3.63) is 98.8 Å². The lowest BCUT2D eigenvalue weighted by atomic mass is 10.1. The molecule has 4 nitrogen and oxygen atoms in total. The van der Waals surface area contributed by atoms with Gasteiger partial charge in [-0.1, -0.05) is 12.1 Å². The van der Waals surface area contributed by atoms with E-state index >= 15 is 0 Å². The average molecular weight is 556 g/mol. The summed E-state index contributed by atoms with van der Waals surface area (Å²) < 4.78 is 108. The van der Waals surface area contributed by atoms with Gasteiger partial charge in [-0.15, -0.1) is 11.3 Å². The third kappa shape index (κ3) is 5.12. The number of halogens is 8. The molecule has 38 heavy (non-hydrogen) atoms. The van der Waals surface area contributed by atoms with Crippen LogP contribution in [0.25, 0.3) is 21.0 Å². The number of thiophene rings is 1. The van der Waals surface area contributed by atoms with Crippen molar-refractivity contribution in [1.82, 2.24) is 4.57 Å². The SMILES string of the molecule is N#Cc1c(C(F)(F)F)cc(-c2ccc(-c3ccc(C(F)(F)F)c(O)c3)s2)n(Cc2ccc(F)cc2F)c1=O.